The summed E-state index contributed by atoms with van der Waals surface area (Å²) in [6, 6.07) is 14.0. The van der Waals surface area contributed by atoms with E-state index in [2.05, 4.69) is 4.90 Å². The second-order valence-electron chi connectivity index (χ2n) is 5.75. The molecule has 0 heterocycles. The molecule has 0 fully saturated rings. The number of aliphatic carboxylic acids is 1. The highest BCUT2D eigenvalue weighted by Gasteiger charge is 2.12. The molecule has 0 aliphatic heterocycles. The highest BCUT2D eigenvalue weighted by Crippen LogP contribution is 2.25. The van der Waals surface area contributed by atoms with Gasteiger partial charge in [0.2, 0.25) is 0 Å². The van der Waals surface area contributed by atoms with E-state index in [9.17, 15) is 4.79 Å². The summed E-state index contributed by atoms with van der Waals surface area (Å²) in [5.41, 5.74) is 7.43. The van der Waals surface area contributed by atoms with Crippen molar-refractivity contribution in [1.82, 2.24) is 0 Å². The Bertz CT molecular complexity index is 687. The highest BCUT2D eigenvalue weighted by molar-refractivity contribution is 6.18. The average molecular weight is 397 g/mol. The molecule has 5 nitrogen and oxygen atoms in total. The van der Waals surface area contributed by atoms with Crippen molar-refractivity contribution < 1.29 is 14.6 Å². The number of ether oxygens (including phenoxy) is 1. The van der Waals surface area contributed by atoms with Gasteiger partial charge in [0, 0.05) is 30.5 Å². The summed E-state index contributed by atoms with van der Waals surface area (Å²) in [6.45, 7) is 1.46. The molecule has 0 radical (unpaired) electrons. The number of nitrogens with zero attached hydrogens (tertiary/aromatic N) is 1. The van der Waals surface area contributed by atoms with Gasteiger partial charge in [-0.25, -0.2) is 0 Å². The zero-order valence-electron chi connectivity index (χ0n) is 14.3. The SMILES string of the molecule is N[C@H](Cc1ccc(Oc2ccc(N(CCCl)CCCl)cc2)cc1)C(=O)O. The predicted octanol–water partition coefficient (Wildman–Crippen LogP) is 3.72. The van der Waals surface area contributed by atoms with Crippen molar-refractivity contribution in [2.75, 3.05) is 29.7 Å². The maximum absolute atomic E-state index is 10.8. The number of hydrogen-bond donors (Lipinski definition) is 2. The zero-order valence-corrected chi connectivity index (χ0v) is 15.8. The van der Waals surface area contributed by atoms with Crippen molar-refractivity contribution in [3.8, 4) is 11.5 Å². The summed E-state index contributed by atoms with van der Waals surface area (Å²) in [5, 5.41) is 8.85. The summed E-state index contributed by atoms with van der Waals surface area (Å²) in [6.07, 6.45) is 0.279. The molecule has 0 saturated carbocycles. The van der Waals surface area contributed by atoms with E-state index in [1.165, 1.54) is 0 Å². The fourth-order valence-corrected chi connectivity index (χ4v) is 2.88. The van der Waals surface area contributed by atoms with Gasteiger partial charge in [-0.2, -0.15) is 0 Å². The molecule has 140 valence electrons. The molecule has 0 bridgehead atoms. The lowest BCUT2D eigenvalue weighted by Gasteiger charge is -2.23. The van der Waals surface area contributed by atoms with Crippen molar-refractivity contribution in [3.63, 3.8) is 0 Å². The van der Waals surface area contributed by atoms with Crippen LogP contribution in [-0.4, -0.2) is 42.0 Å². The molecule has 2 rings (SSSR count). The second kappa shape index (κ2) is 10.3. The third-order valence-corrected chi connectivity index (χ3v) is 4.18. The number of carbonyl (C=O) groups is 1. The molecule has 0 amide bonds. The van der Waals surface area contributed by atoms with E-state index in [1.807, 2.05) is 36.4 Å². The molecular formula is C19H22Cl2N2O3. The minimum atomic E-state index is -1.01. The molecule has 0 unspecified atom stereocenters. The maximum atomic E-state index is 10.8. The molecule has 3 N–H and O–H groups in total. The molecule has 0 spiro atoms. The Kier molecular flexibility index (Phi) is 8.04. The zero-order chi connectivity index (χ0) is 18.9. The Balaban J connectivity index is 1.99. The van der Waals surface area contributed by atoms with E-state index < -0.39 is 12.0 Å². The largest absolute Gasteiger partial charge is 0.480 e. The smallest absolute Gasteiger partial charge is 0.320 e. The quantitative estimate of drug-likeness (QED) is 0.598. The lowest BCUT2D eigenvalue weighted by Crippen LogP contribution is -2.32. The number of benzene rings is 2. The summed E-state index contributed by atoms with van der Waals surface area (Å²) in [7, 11) is 0. The molecule has 2 aromatic carbocycles. The van der Waals surface area contributed by atoms with Gasteiger partial charge in [-0.05, 0) is 48.4 Å². The van der Waals surface area contributed by atoms with Crippen molar-refractivity contribution >= 4 is 34.9 Å². The van der Waals surface area contributed by atoms with Gasteiger partial charge in [-0.15, -0.1) is 23.2 Å². The number of rotatable bonds is 10. The van der Waals surface area contributed by atoms with Crippen molar-refractivity contribution in [2.45, 2.75) is 12.5 Å². The number of nitrogens with two attached hydrogens (primary N) is 1. The van der Waals surface area contributed by atoms with Crippen molar-refractivity contribution in [1.29, 1.82) is 0 Å². The Morgan fingerprint density at radius 3 is 1.96 bits per heavy atom. The van der Waals surface area contributed by atoms with Gasteiger partial charge in [0.05, 0.1) is 0 Å². The van der Waals surface area contributed by atoms with Crippen LogP contribution in [-0.2, 0) is 11.2 Å². The number of alkyl halides is 2. The van der Waals surface area contributed by atoms with Gasteiger partial charge in [0.25, 0.3) is 0 Å². The van der Waals surface area contributed by atoms with Crippen LogP contribution in [0.5, 0.6) is 11.5 Å². The van der Waals surface area contributed by atoms with Crippen LogP contribution in [0.3, 0.4) is 0 Å². The van der Waals surface area contributed by atoms with Gasteiger partial charge in [0.15, 0.2) is 0 Å². The van der Waals surface area contributed by atoms with Gasteiger partial charge >= 0.3 is 5.97 Å². The normalized spacial score (nSPS) is 11.8. The number of halogens is 2. The number of anilines is 1. The van der Waals surface area contributed by atoms with E-state index in [4.69, 9.17) is 38.8 Å². The Morgan fingerprint density at radius 2 is 1.50 bits per heavy atom. The summed E-state index contributed by atoms with van der Waals surface area (Å²) in [5.74, 6) is 1.44. The van der Waals surface area contributed by atoms with Crippen molar-refractivity contribution in [2.24, 2.45) is 5.73 Å². The first-order valence-electron chi connectivity index (χ1n) is 8.25. The van der Waals surface area contributed by atoms with Gasteiger partial charge in [-0.1, -0.05) is 12.1 Å². The molecule has 0 aromatic heterocycles. The fraction of sp³-hybridized carbons (Fsp3) is 0.316. The van der Waals surface area contributed by atoms with E-state index in [1.54, 1.807) is 12.1 Å². The fourth-order valence-electron chi connectivity index (χ4n) is 2.47. The van der Waals surface area contributed by atoms with Crippen LogP contribution in [0.15, 0.2) is 48.5 Å². The van der Waals surface area contributed by atoms with Gasteiger partial charge < -0.3 is 20.5 Å². The molecule has 0 saturated heterocycles. The van der Waals surface area contributed by atoms with E-state index >= 15 is 0 Å². The standard InChI is InChI=1S/C19H22Cl2N2O3/c20-9-11-23(12-10-21)15-3-7-17(8-4-15)26-16-5-1-14(2-6-16)13-18(22)19(24)25/h1-8,18H,9-13,22H2,(H,24,25)/t18-/m1/s1. The van der Waals surface area contributed by atoms with Crippen LogP contribution in [0.25, 0.3) is 0 Å². The van der Waals surface area contributed by atoms with Crippen LogP contribution in [0.1, 0.15) is 5.56 Å². The van der Waals surface area contributed by atoms with E-state index in [0.29, 0.717) is 23.3 Å². The molecule has 26 heavy (non-hydrogen) atoms. The minimum absolute atomic E-state index is 0.279. The third kappa shape index (κ3) is 6.09. The Labute approximate surface area is 163 Å². The predicted molar refractivity (Wildman–Crippen MR) is 106 cm³/mol. The second-order valence-corrected chi connectivity index (χ2v) is 6.51. The number of carboxylic acids is 1. The number of carboxylic acid groups (broad SMARTS) is 1. The molecular weight excluding hydrogens is 375 g/mol. The Hall–Kier alpha value is -1.95. The van der Waals surface area contributed by atoms with Crippen LogP contribution in [0, 0.1) is 0 Å². The lowest BCUT2D eigenvalue weighted by atomic mass is 10.1. The number of hydrogen-bond acceptors (Lipinski definition) is 4. The first kappa shape index (κ1) is 20.4. The van der Waals surface area contributed by atoms with Crippen LogP contribution < -0.4 is 15.4 Å². The van der Waals surface area contributed by atoms with Gasteiger partial charge in [-0.3, -0.25) is 4.79 Å². The van der Waals surface area contributed by atoms with Crippen molar-refractivity contribution in [3.05, 3.63) is 54.1 Å². The summed E-state index contributed by atoms with van der Waals surface area (Å²) < 4.78 is 5.82. The van der Waals surface area contributed by atoms with Crippen LogP contribution >= 0.6 is 23.2 Å². The van der Waals surface area contributed by atoms with Crippen LogP contribution in [0.4, 0.5) is 5.69 Å². The first-order valence-corrected chi connectivity index (χ1v) is 9.32. The lowest BCUT2D eigenvalue weighted by molar-refractivity contribution is -0.138. The molecule has 7 heteroatoms. The molecule has 0 aliphatic carbocycles. The highest BCUT2D eigenvalue weighted by atomic mass is 35.5. The molecule has 0 aliphatic rings. The molecule has 1 atom stereocenters. The van der Waals surface area contributed by atoms with Crippen LogP contribution in [0.2, 0.25) is 0 Å². The topological polar surface area (TPSA) is 75.8 Å². The molecule has 2 aromatic rings. The Morgan fingerprint density at radius 1 is 1.00 bits per heavy atom. The third-order valence-electron chi connectivity index (χ3n) is 3.84. The maximum Gasteiger partial charge on any atom is 0.320 e. The minimum Gasteiger partial charge on any atom is -0.480 e. The van der Waals surface area contributed by atoms with E-state index in [-0.39, 0.29) is 6.42 Å². The monoisotopic (exact) mass is 396 g/mol. The summed E-state index contributed by atoms with van der Waals surface area (Å²) >= 11 is 11.7. The van der Waals surface area contributed by atoms with E-state index in [0.717, 1.165) is 24.3 Å². The average Bonchev–Trinajstić information content (AvgIpc) is 2.64. The van der Waals surface area contributed by atoms with Gasteiger partial charge in [0.1, 0.15) is 17.5 Å². The first-order chi connectivity index (χ1) is 12.5. The summed E-state index contributed by atoms with van der Waals surface area (Å²) in [4.78, 5) is 12.9.